The van der Waals surface area contributed by atoms with E-state index < -0.39 is 5.91 Å². The zero-order chi connectivity index (χ0) is 16.4. The first-order valence-corrected chi connectivity index (χ1v) is 7.27. The predicted molar refractivity (Wildman–Crippen MR) is 86.0 cm³/mol. The molecule has 0 saturated heterocycles. The third-order valence-electron chi connectivity index (χ3n) is 3.29. The molecule has 3 rings (SSSR count). The van der Waals surface area contributed by atoms with Crippen LogP contribution in [0.3, 0.4) is 0 Å². The monoisotopic (exact) mass is 331 g/mol. The van der Waals surface area contributed by atoms with Gasteiger partial charge in [0.1, 0.15) is 5.56 Å². The molecule has 0 radical (unpaired) electrons. The lowest BCUT2D eigenvalue weighted by Gasteiger charge is -2.06. The van der Waals surface area contributed by atoms with E-state index in [2.05, 4.69) is 10.5 Å². The number of rotatable bonds is 4. The second-order valence-electron chi connectivity index (χ2n) is 5.05. The maximum Gasteiger partial charge on any atom is 0.259 e. The van der Waals surface area contributed by atoms with Crippen LogP contribution in [0.5, 0.6) is 0 Å². The van der Waals surface area contributed by atoms with Crippen molar-refractivity contribution in [3.63, 3.8) is 0 Å². The zero-order valence-electron chi connectivity index (χ0n) is 12.3. The van der Waals surface area contributed by atoms with Crippen LogP contribution in [-0.2, 0) is 6.54 Å². The standard InChI is InChI=1S/C16H14ClN3O3/c1-9-3-2-4-10(7-9)8-19-16(21)13-14(20-23-15(13)18)11-5-6-12(17)22-11/h2-7H,8,18H2,1H3,(H,19,21). The quantitative estimate of drug-likeness (QED) is 0.764. The van der Waals surface area contributed by atoms with Crippen molar-refractivity contribution >= 4 is 23.4 Å². The van der Waals surface area contributed by atoms with Gasteiger partial charge in [0, 0.05) is 6.54 Å². The van der Waals surface area contributed by atoms with Gasteiger partial charge >= 0.3 is 0 Å². The third-order valence-corrected chi connectivity index (χ3v) is 3.49. The summed E-state index contributed by atoms with van der Waals surface area (Å²) in [5, 5.41) is 6.76. The first-order chi connectivity index (χ1) is 11.0. The number of carbonyl (C=O) groups excluding carboxylic acids is 1. The topological polar surface area (TPSA) is 94.3 Å². The van der Waals surface area contributed by atoms with Crippen LogP contribution in [0.2, 0.25) is 5.22 Å². The minimum atomic E-state index is -0.396. The molecule has 3 aromatic rings. The van der Waals surface area contributed by atoms with E-state index in [4.69, 9.17) is 26.3 Å². The number of nitrogens with one attached hydrogen (secondary N) is 1. The molecule has 0 bridgehead atoms. The van der Waals surface area contributed by atoms with Gasteiger partial charge in [-0.1, -0.05) is 35.0 Å². The van der Waals surface area contributed by atoms with Gasteiger partial charge in [-0.15, -0.1) is 0 Å². The number of amides is 1. The van der Waals surface area contributed by atoms with Crippen molar-refractivity contribution in [2.75, 3.05) is 5.73 Å². The number of nitrogens with zero attached hydrogens (tertiary/aromatic N) is 1. The summed E-state index contributed by atoms with van der Waals surface area (Å²) in [6.45, 7) is 2.35. The van der Waals surface area contributed by atoms with E-state index in [-0.39, 0.29) is 22.4 Å². The normalized spacial score (nSPS) is 10.7. The maximum absolute atomic E-state index is 12.4. The molecule has 0 aliphatic carbocycles. The van der Waals surface area contributed by atoms with E-state index in [1.807, 2.05) is 31.2 Å². The Kier molecular flexibility index (Phi) is 4.08. The Morgan fingerprint density at radius 1 is 1.35 bits per heavy atom. The van der Waals surface area contributed by atoms with Crippen LogP contribution in [0.4, 0.5) is 5.88 Å². The summed E-state index contributed by atoms with van der Waals surface area (Å²) in [7, 11) is 0. The van der Waals surface area contributed by atoms with E-state index >= 15 is 0 Å². The second-order valence-corrected chi connectivity index (χ2v) is 5.42. The van der Waals surface area contributed by atoms with Crippen molar-refractivity contribution in [2.24, 2.45) is 0 Å². The maximum atomic E-state index is 12.4. The van der Waals surface area contributed by atoms with E-state index in [0.29, 0.717) is 12.3 Å². The molecule has 0 aliphatic rings. The van der Waals surface area contributed by atoms with Crippen LogP contribution in [0.25, 0.3) is 11.5 Å². The Balaban J connectivity index is 1.81. The number of anilines is 1. The molecule has 0 saturated carbocycles. The van der Waals surface area contributed by atoms with Crippen molar-refractivity contribution in [3.8, 4) is 11.5 Å². The van der Waals surface area contributed by atoms with Crippen LogP contribution < -0.4 is 11.1 Å². The Labute approximate surface area is 137 Å². The van der Waals surface area contributed by atoms with E-state index in [9.17, 15) is 4.79 Å². The fourth-order valence-corrected chi connectivity index (χ4v) is 2.37. The van der Waals surface area contributed by atoms with Gasteiger partial charge in [-0.05, 0) is 36.2 Å². The lowest BCUT2D eigenvalue weighted by Crippen LogP contribution is -2.23. The van der Waals surface area contributed by atoms with Crippen molar-refractivity contribution in [3.05, 3.63) is 58.3 Å². The molecule has 23 heavy (non-hydrogen) atoms. The number of hydrogen-bond donors (Lipinski definition) is 2. The Bertz CT molecular complexity index is 854. The summed E-state index contributed by atoms with van der Waals surface area (Å²) in [6.07, 6.45) is 0. The Morgan fingerprint density at radius 3 is 2.87 bits per heavy atom. The summed E-state index contributed by atoms with van der Waals surface area (Å²) in [4.78, 5) is 12.4. The van der Waals surface area contributed by atoms with Gasteiger partial charge in [0.2, 0.25) is 5.88 Å². The Morgan fingerprint density at radius 2 is 2.17 bits per heavy atom. The number of aryl methyl sites for hydroxylation is 1. The van der Waals surface area contributed by atoms with Crippen LogP contribution in [0.15, 0.2) is 45.3 Å². The summed E-state index contributed by atoms with van der Waals surface area (Å²) < 4.78 is 10.2. The van der Waals surface area contributed by atoms with Gasteiger partial charge in [-0.2, -0.15) is 0 Å². The van der Waals surface area contributed by atoms with E-state index in [0.717, 1.165) is 11.1 Å². The zero-order valence-corrected chi connectivity index (χ0v) is 13.1. The minimum Gasteiger partial charge on any atom is -0.443 e. The molecule has 1 aromatic carbocycles. The number of carbonyl (C=O) groups is 1. The Hall–Kier alpha value is -2.73. The average molecular weight is 332 g/mol. The van der Waals surface area contributed by atoms with Crippen molar-refractivity contribution in [1.82, 2.24) is 10.5 Å². The summed E-state index contributed by atoms with van der Waals surface area (Å²) >= 11 is 5.75. The molecule has 0 spiro atoms. The molecule has 2 heterocycles. The van der Waals surface area contributed by atoms with Crippen molar-refractivity contribution < 1.29 is 13.7 Å². The van der Waals surface area contributed by atoms with Gasteiger partial charge in [0.05, 0.1) is 0 Å². The average Bonchev–Trinajstić information content (AvgIpc) is 3.11. The highest BCUT2D eigenvalue weighted by atomic mass is 35.5. The summed E-state index contributed by atoms with van der Waals surface area (Å²) in [5.41, 5.74) is 8.16. The molecular formula is C16H14ClN3O3. The lowest BCUT2D eigenvalue weighted by molar-refractivity contribution is 0.0952. The third kappa shape index (κ3) is 3.22. The molecule has 6 nitrogen and oxygen atoms in total. The number of hydrogen-bond acceptors (Lipinski definition) is 5. The van der Waals surface area contributed by atoms with Gasteiger partial charge < -0.3 is 20.0 Å². The molecule has 0 aliphatic heterocycles. The molecule has 0 unspecified atom stereocenters. The number of nitrogen functional groups attached to an aromatic ring is 1. The SMILES string of the molecule is Cc1cccc(CNC(=O)c2c(-c3ccc(Cl)o3)noc2N)c1. The number of nitrogens with two attached hydrogens (primary N) is 1. The van der Waals surface area contributed by atoms with E-state index in [1.54, 1.807) is 12.1 Å². The number of aromatic nitrogens is 1. The van der Waals surface area contributed by atoms with Crippen molar-refractivity contribution in [1.29, 1.82) is 0 Å². The largest absolute Gasteiger partial charge is 0.443 e. The van der Waals surface area contributed by atoms with Crippen LogP contribution in [0.1, 0.15) is 21.5 Å². The van der Waals surface area contributed by atoms with Crippen LogP contribution in [0, 0.1) is 6.92 Å². The number of furan rings is 1. The van der Waals surface area contributed by atoms with Crippen molar-refractivity contribution in [2.45, 2.75) is 13.5 Å². The van der Waals surface area contributed by atoms with E-state index in [1.165, 1.54) is 0 Å². The molecule has 7 heteroatoms. The summed E-state index contributed by atoms with van der Waals surface area (Å²) in [6, 6.07) is 11.0. The second kappa shape index (κ2) is 6.18. The fourth-order valence-electron chi connectivity index (χ4n) is 2.22. The predicted octanol–water partition coefficient (Wildman–Crippen LogP) is 3.41. The van der Waals surface area contributed by atoms with Gasteiger partial charge in [-0.25, -0.2) is 0 Å². The first-order valence-electron chi connectivity index (χ1n) is 6.89. The minimum absolute atomic E-state index is 0.0748. The molecule has 1 amide bonds. The lowest BCUT2D eigenvalue weighted by atomic mass is 10.1. The molecule has 0 atom stereocenters. The molecule has 2 aromatic heterocycles. The van der Waals surface area contributed by atoms with Gasteiger partial charge in [0.15, 0.2) is 16.7 Å². The fraction of sp³-hybridized carbons (Fsp3) is 0.125. The highest BCUT2D eigenvalue weighted by Gasteiger charge is 2.24. The number of halogens is 1. The molecular weight excluding hydrogens is 318 g/mol. The highest BCUT2D eigenvalue weighted by molar-refractivity contribution is 6.29. The first kappa shape index (κ1) is 15.2. The van der Waals surface area contributed by atoms with Crippen LogP contribution >= 0.6 is 11.6 Å². The molecule has 118 valence electrons. The van der Waals surface area contributed by atoms with Crippen LogP contribution in [-0.4, -0.2) is 11.1 Å². The summed E-state index contributed by atoms with van der Waals surface area (Å²) in [5.74, 6) is -0.154. The van der Waals surface area contributed by atoms with Gasteiger partial charge in [-0.3, -0.25) is 4.79 Å². The van der Waals surface area contributed by atoms with Gasteiger partial charge in [0.25, 0.3) is 5.91 Å². The number of benzene rings is 1. The smallest absolute Gasteiger partial charge is 0.259 e. The molecule has 0 fully saturated rings. The highest BCUT2D eigenvalue weighted by Crippen LogP contribution is 2.29. The molecule has 3 N–H and O–H groups in total.